The first kappa shape index (κ1) is 14.7. The van der Waals surface area contributed by atoms with Gasteiger partial charge in [-0.25, -0.2) is 0 Å². The van der Waals surface area contributed by atoms with E-state index in [4.69, 9.17) is 4.74 Å². The zero-order valence-corrected chi connectivity index (χ0v) is 12.0. The van der Waals surface area contributed by atoms with Crippen molar-refractivity contribution in [1.29, 1.82) is 0 Å². The van der Waals surface area contributed by atoms with Crippen LogP contribution in [-0.2, 0) is 6.54 Å². The van der Waals surface area contributed by atoms with Crippen molar-refractivity contribution in [3.8, 4) is 5.75 Å². The van der Waals surface area contributed by atoms with Crippen molar-refractivity contribution in [3.63, 3.8) is 0 Å². The van der Waals surface area contributed by atoms with Crippen LogP contribution in [0.5, 0.6) is 5.75 Å². The maximum absolute atomic E-state index is 11.0. The van der Waals surface area contributed by atoms with E-state index in [-0.39, 0.29) is 5.69 Å². The smallest absolute Gasteiger partial charge is 0.311 e. The zero-order chi connectivity index (χ0) is 14.5. The molecule has 6 heteroatoms. The molecule has 0 aromatic heterocycles. The Hall–Kier alpha value is -1.66. The third-order valence-electron chi connectivity index (χ3n) is 3.76. The van der Waals surface area contributed by atoms with E-state index in [1.165, 1.54) is 13.5 Å². The quantitative estimate of drug-likeness (QED) is 0.657. The van der Waals surface area contributed by atoms with Gasteiger partial charge in [-0.05, 0) is 38.1 Å². The lowest BCUT2D eigenvalue weighted by atomic mass is 10.0. The summed E-state index contributed by atoms with van der Waals surface area (Å²) in [5, 5.41) is 14.3. The molecule has 0 saturated carbocycles. The van der Waals surface area contributed by atoms with Gasteiger partial charge in [0.15, 0.2) is 5.75 Å². The number of piperidine rings is 1. The van der Waals surface area contributed by atoms with E-state index in [1.54, 1.807) is 12.1 Å². The van der Waals surface area contributed by atoms with E-state index in [2.05, 4.69) is 10.2 Å². The summed E-state index contributed by atoms with van der Waals surface area (Å²) in [4.78, 5) is 13.0. The van der Waals surface area contributed by atoms with Crippen molar-refractivity contribution in [2.24, 2.45) is 0 Å². The number of nitrogens with one attached hydrogen (secondary N) is 1. The minimum atomic E-state index is -0.394. The topological polar surface area (TPSA) is 67.6 Å². The van der Waals surface area contributed by atoms with Crippen molar-refractivity contribution in [3.05, 3.63) is 33.9 Å². The number of hydrogen-bond acceptors (Lipinski definition) is 5. The van der Waals surface area contributed by atoms with Crippen molar-refractivity contribution < 1.29 is 9.66 Å². The monoisotopic (exact) mass is 279 g/mol. The van der Waals surface area contributed by atoms with Gasteiger partial charge in [-0.3, -0.25) is 15.0 Å². The van der Waals surface area contributed by atoms with E-state index in [1.807, 2.05) is 13.1 Å². The molecule has 1 N–H and O–H groups in total. The number of nitrogens with zero attached hydrogens (tertiary/aromatic N) is 2. The molecular formula is C14H21N3O3. The van der Waals surface area contributed by atoms with Gasteiger partial charge >= 0.3 is 5.69 Å². The molecule has 110 valence electrons. The van der Waals surface area contributed by atoms with Crippen LogP contribution in [0.1, 0.15) is 18.4 Å². The highest BCUT2D eigenvalue weighted by atomic mass is 16.6. The first-order valence-electron chi connectivity index (χ1n) is 6.85. The summed E-state index contributed by atoms with van der Waals surface area (Å²) in [5.41, 5.74) is 0.987. The molecular weight excluding hydrogens is 258 g/mol. The molecule has 1 aromatic carbocycles. The Morgan fingerprint density at radius 2 is 2.35 bits per heavy atom. The number of benzene rings is 1. The molecule has 6 nitrogen and oxygen atoms in total. The average molecular weight is 279 g/mol. The van der Waals surface area contributed by atoms with Gasteiger partial charge in [-0.2, -0.15) is 0 Å². The number of nitro groups is 1. The second-order valence-electron chi connectivity index (χ2n) is 5.13. The summed E-state index contributed by atoms with van der Waals surface area (Å²) in [6.07, 6.45) is 2.35. The molecule has 1 aliphatic rings. The molecule has 0 aliphatic carbocycles. The van der Waals surface area contributed by atoms with Crippen LogP contribution in [0.25, 0.3) is 0 Å². The Balaban J connectivity index is 2.09. The van der Waals surface area contributed by atoms with Crippen LogP contribution in [-0.4, -0.2) is 43.1 Å². The molecule has 1 heterocycles. The van der Waals surface area contributed by atoms with Crippen molar-refractivity contribution in [2.75, 3.05) is 27.2 Å². The summed E-state index contributed by atoms with van der Waals surface area (Å²) in [6, 6.07) is 5.70. The second-order valence-corrected chi connectivity index (χ2v) is 5.13. The highest BCUT2D eigenvalue weighted by molar-refractivity contribution is 5.48. The van der Waals surface area contributed by atoms with Crippen LogP contribution in [0.15, 0.2) is 18.2 Å². The van der Waals surface area contributed by atoms with E-state index >= 15 is 0 Å². The number of rotatable bonds is 5. The second kappa shape index (κ2) is 6.67. The predicted octanol–water partition coefficient (Wildman–Crippen LogP) is 1.79. The number of ether oxygens (including phenoxy) is 1. The highest BCUT2D eigenvalue weighted by Gasteiger charge is 2.20. The molecule has 0 amide bonds. The molecule has 0 bridgehead atoms. The number of likely N-dealkylation sites (N-methyl/N-ethyl adjacent to an activating group) is 1. The Labute approximate surface area is 118 Å². The molecule has 1 saturated heterocycles. The van der Waals surface area contributed by atoms with Gasteiger partial charge in [0.25, 0.3) is 0 Å². The fourth-order valence-corrected chi connectivity index (χ4v) is 2.67. The Kier molecular flexibility index (Phi) is 4.92. The van der Waals surface area contributed by atoms with Crippen LogP contribution >= 0.6 is 0 Å². The van der Waals surface area contributed by atoms with Gasteiger partial charge in [0.05, 0.1) is 12.0 Å². The molecule has 20 heavy (non-hydrogen) atoms. The Morgan fingerprint density at radius 3 is 3.00 bits per heavy atom. The van der Waals surface area contributed by atoms with Crippen molar-refractivity contribution in [2.45, 2.75) is 25.4 Å². The van der Waals surface area contributed by atoms with Gasteiger partial charge in [0.2, 0.25) is 0 Å². The molecule has 1 unspecified atom stereocenters. The predicted molar refractivity (Wildman–Crippen MR) is 77.0 cm³/mol. The molecule has 1 aromatic rings. The molecule has 2 rings (SSSR count). The standard InChI is InChI=1S/C14H21N3O3/c1-15-12-4-3-7-16(10-12)9-11-5-6-14(20-2)13(8-11)17(18)19/h5-6,8,12,15H,3-4,7,9-10H2,1-2H3. The number of likely N-dealkylation sites (tertiary alicyclic amines) is 1. The molecule has 1 atom stereocenters. The van der Waals surface area contributed by atoms with E-state index in [9.17, 15) is 10.1 Å². The molecule has 0 spiro atoms. The van der Waals surface area contributed by atoms with E-state index in [0.717, 1.165) is 31.6 Å². The lowest BCUT2D eigenvalue weighted by Gasteiger charge is -2.32. The number of hydrogen-bond donors (Lipinski definition) is 1. The van der Waals surface area contributed by atoms with Crippen LogP contribution in [0, 0.1) is 10.1 Å². The lowest BCUT2D eigenvalue weighted by molar-refractivity contribution is -0.385. The van der Waals surface area contributed by atoms with Crippen LogP contribution < -0.4 is 10.1 Å². The maximum Gasteiger partial charge on any atom is 0.311 e. The summed E-state index contributed by atoms with van der Waals surface area (Å²) in [5.74, 6) is 0.311. The van der Waals surface area contributed by atoms with Gasteiger partial charge in [0, 0.05) is 25.2 Å². The third kappa shape index (κ3) is 3.46. The van der Waals surface area contributed by atoms with Crippen LogP contribution in [0.2, 0.25) is 0 Å². The maximum atomic E-state index is 11.0. The highest BCUT2D eigenvalue weighted by Crippen LogP contribution is 2.28. The first-order valence-corrected chi connectivity index (χ1v) is 6.85. The van der Waals surface area contributed by atoms with Gasteiger partial charge in [-0.15, -0.1) is 0 Å². The van der Waals surface area contributed by atoms with Crippen molar-refractivity contribution in [1.82, 2.24) is 10.2 Å². The van der Waals surface area contributed by atoms with Crippen LogP contribution in [0.3, 0.4) is 0 Å². The minimum Gasteiger partial charge on any atom is -0.490 e. The summed E-state index contributed by atoms with van der Waals surface area (Å²) in [6.45, 7) is 2.76. The normalized spacial score (nSPS) is 19.8. The first-order chi connectivity index (χ1) is 9.63. The summed E-state index contributed by atoms with van der Waals surface area (Å²) < 4.78 is 5.02. The third-order valence-corrected chi connectivity index (χ3v) is 3.76. The van der Waals surface area contributed by atoms with Gasteiger partial charge in [-0.1, -0.05) is 6.07 Å². The Morgan fingerprint density at radius 1 is 1.55 bits per heavy atom. The van der Waals surface area contributed by atoms with Crippen LogP contribution in [0.4, 0.5) is 5.69 Å². The lowest BCUT2D eigenvalue weighted by Crippen LogP contribution is -2.43. The van der Waals surface area contributed by atoms with Gasteiger partial charge < -0.3 is 10.1 Å². The Bertz CT molecular complexity index is 479. The molecule has 1 aliphatic heterocycles. The minimum absolute atomic E-state index is 0.0344. The summed E-state index contributed by atoms with van der Waals surface area (Å²) in [7, 11) is 3.43. The zero-order valence-electron chi connectivity index (χ0n) is 12.0. The van der Waals surface area contributed by atoms with Gasteiger partial charge in [0.1, 0.15) is 0 Å². The van der Waals surface area contributed by atoms with Crippen molar-refractivity contribution >= 4 is 5.69 Å². The summed E-state index contributed by atoms with van der Waals surface area (Å²) >= 11 is 0. The molecule has 1 fully saturated rings. The van der Waals surface area contributed by atoms with E-state index < -0.39 is 4.92 Å². The average Bonchev–Trinajstić information content (AvgIpc) is 2.47. The molecule has 0 radical (unpaired) electrons. The number of nitro benzene ring substituents is 1. The number of methoxy groups -OCH3 is 1. The van der Waals surface area contributed by atoms with E-state index in [0.29, 0.717) is 11.8 Å². The fraction of sp³-hybridized carbons (Fsp3) is 0.571. The SMILES string of the molecule is CNC1CCCN(Cc2ccc(OC)c([N+](=O)[O-])c2)C1. The largest absolute Gasteiger partial charge is 0.490 e. The fourth-order valence-electron chi connectivity index (χ4n) is 2.67.